The summed E-state index contributed by atoms with van der Waals surface area (Å²) in [5, 5.41) is 12.0. The van der Waals surface area contributed by atoms with Gasteiger partial charge in [-0.25, -0.2) is 4.79 Å². The number of anilines is 2. The number of carbonyl (C=O) groups is 3. The highest BCUT2D eigenvalue weighted by Gasteiger charge is 2.33. The van der Waals surface area contributed by atoms with E-state index in [2.05, 4.69) is 30.3 Å². The number of aryl methyl sites for hydroxylation is 1. The van der Waals surface area contributed by atoms with Crippen LogP contribution in [0.1, 0.15) is 37.7 Å². The molecule has 3 aromatic heterocycles. The van der Waals surface area contributed by atoms with Crippen molar-refractivity contribution in [1.29, 1.82) is 0 Å². The molecule has 3 aliphatic heterocycles. The summed E-state index contributed by atoms with van der Waals surface area (Å²) in [4.78, 5) is 62.9. The Morgan fingerprint density at radius 1 is 0.911 bits per heavy atom. The molecule has 0 spiro atoms. The molecule has 0 bridgehead atoms. The fraction of sp³-hybridized carbons (Fsp3) is 0.415. The van der Waals surface area contributed by atoms with Crippen LogP contribution in [0.3, 0.4) is 0 Å². The van der Waals surface area contributed by atoms with E-state index in [9.17, 15) is 19.2 Å². The van der Waals surface area contributed by atoms with Crippen molar-refractivity contribution in [2.24, 2.45) is 13.0 Å². The summed E-state index contributed by atoms with van der Waals surface area (Å²) in [7, 11) is 7.03. The van der Waals surface area contributed by atoms with Crippen LogP contribution < -0.4 is 30.1 Å². The van der Waals surface area contributed by atoms with Crippen molar-refractivity contribution in [2.45, 2.75) is 44.7 Å². The first-order chi connectivity index (χ1) is 27.1. The van der Waals surface area contributed by atoms with E-state index in [0.717, 1.165) is 102 Å². The molecule has 8 rings (SSSR count). The molecule has 292 valence electrons. The molecule has 3 saturated heterocycles. The van der Waals surface area contributed by atoms with Crippen LogP contribution in [-0.4, -0.2) is 107 Å². The number of rotatable bonds is 9. The third-order valence-corrected chi connectivity index (χ3v) is 11.8. The Morgan fingerprint density at radius 2 is 1.64 bits per heavy atom. The molecule has 3 aliphatic rings. The van der Waals surface area contributed by atoms with Crippen molar-refractivity contribution in [3.63, 3.8) is 0 Å². The Kier molecular flexibility index (Phi) is 10.1. The van der Waals surface area contributed by atoms with Gasteiger partial charge in [0, 0.05) is 107 Å². The van der Waals surface area contributed by atoms with Crippen molar-refractivity contribution in [3.05, 3.63) is 70.9 Å². The Balaban J connectivity index is 0.871. The second-order valence-corrected chi connectivity index (χ2v) is 15.0. The molecule has 0 atom stereocenters. The number of urea groups is 1. The van der Waals surface area contributed by atoms with Gasteiger partial charge in [-0.2, -0.15) is 5.10 Å². The Hall–Kier alpha value is -5.96. The quantitative estimate of drug-likeness (QED) is 0.222. The van der Waals surface area contributed by atoms with Crippen molar-refractivity contribution in [2.75, 3.05) is 63.8 Å². The Labute approximate surface area is 324 Å². The monoisotopic (exact) mass is 761 g/mol. The predicted molar refractivity (Wildman–Crippen MR) is 213 cm³/mol. The topological polar surface area (TPSA) is 158 Å². The van der Waals surface area contributed by atoms with Gasteiger partial charge in [0.1, 0.15) is 11.5 Å². The number of fused-ring (bicyclic) bond motifs is 2. The number of benzene rings is 2. The number of likely N-dealkylation sites (tertiary alicyclic amines) is 1. The molecule has 0 unspecified atom stereocenters. The van der Waals surface area contributed by atoms with Gasteiger partial charge < -0.3 is 23.8 Å². The van der Waals surface area contributed by atoms with E-state index in [4.69, 9.17) is 9.47 Å². The molecule has 0 saturated carbocycles. The molecule has 0 aliphatic carbocycles. The van der Waals surface area contributed by atoms with Gasteiger partial charge in [-0.15, -0.1) is 0 Å². The number of imide groups is 1. The zero-order chi connectivity index (χ0) is 39.1. The molecule has 15 heteroatoms. The van der Waals surface area contributed by atoms with Gasteiger partial charge in [-0.1, -0.05) is 0 Å². The molecule has 2 aromatic carbocycles. The van der Waals surface area contributed by atoms with E-state index < -0.39 is 6.03 Å². The first-order valence-corrected chi connectivity index (χ1v) is 19.2. The van der Waals surface area contributed by atoms with E-state index in [0.29, 0.717) is 24.3 Å². The fourth-order valence-corrected chi connectivity index (χ4v) is 8.54. The third-order valence-electron chi connectivity index (χ3n) is 11.8. The SMILES string of the molecule is COc1cc(-c2cn(C)c(=O)c3cnccc23)cc(OC)c1CN1CCC(N(C)C(=O)C2CCN(c3ccc4c(N5CCC(=O)NC5=O)n[nH]c4c3)CC2)CC1. The zero-order valence-electron chi connectivity index (χ0n) is 32.2. The summed E-state index contributed by atoms with van der Waals surface area (Å²) in [5.41, 5.74) is 4.49. The number of nitrogens with zero attached hydrogens (tertiary/aromatic N) is 7. The minimum atomic E-state index is -0.461. The molecule has 2 N–H and O–H groups in total. The van der Waals surface area contributed by atoms with Gasteiger partial charge in [0.05, 0.1) is 30.7 Å². The number of piperidine rings is 2. The standard InChI is InChI=1S/C41H47N9O6/c1-46-23-32(29-7-13-42-22-31(29)40(46)53)26-19-35(55-3)33(36(20-26)56-4)24-48-14-10-27(11-15-48)47(2)39(52)25-8-16-49(17-9-25)28-5-6-30-34(21-28)44-45-38(30)50-18-12-37(51)43-41(50)54/h5-7,13,19-23,25,27H,8-12,14-18,24H2,1-4H3,(H,44,45)(H,43,51,54). The predicted octanol–water partition coefficient (Wildman–Crippen LogP) is 4.28. The lowest BCUT2D eigenvalue weighted by Crippen LogP contribution is -2.49. The number of carbonyl (C=O) groups excluding carboxylic acids is 3. The van der Waals surface area contributed by atoms with Gasteiger partial charge in [-0.3, -0.25) is 39.6 Å². The average molecular weight is 762 g/mol. The molecule has 6 heterocycles. The number of aromatic amines is 1. The van der Waals surface area contributed by atoms with Crippen LogP contribution in [0.5, 0.6) is 11.5 Å². The smallest absolute Gasteiger partial charge is 0.329 e. The lowest BCUT2D eigenvalue weighted by atomic mass is 9.93. The molecule has 5 aromatic rings. The van der Waals surface area contributed by atoms with Crippen LogP contribution in [0.2, 0.25) is 0 Å². The maximum atomic E-state index is 13.8. The number of methoxy groups -OCH3 is 2. The normalized spacial score (nSPS) is 17.4. The van der Waals surface area contributed by atoms with Crippen LogP contribution in [0.4, 0.5) is 16.3 Å². The van der Waals surface area contributed by atoms with Crippen LogP contribution in [0.15, 0.2) is 59.8 Å². The van der Waals surface area contributed by atoms with Gasteiger partial charge in [0.25, 0.3) is 5.56 Å². The van der Waals surface area contributed by atoms with Crippen molar-refractivity contribution in [3.8, 4) is 22.6 Å². The lowest BCUT2D eigenvalue weighted by Gasteiger charge is -2.40. The summed E-state index contributed by atoms with van der Waals surface area (Å²) in [6, 6.07) is 11.6. The zero-order valence-corrected chi connectivity index (χ0v) is 32.2. The number of aromatic nitrogens is 4. The lowest BCUT2D eigenvalue weighted by molar-refractivity contribution is -0.138. The van der Waals surface area contributed by atoms with E-state index in [-0.39, 0.29) is 35.8 Å². The number of H-pyrrole nitrogens is 1. The maximum Gasteiger partial charge on any atom is 0.329 e. The van der Waals surface area contributed by atoms with E-state index >= 15 is 0 Å². The fourth-order valence-electron chi connectivity index (χ4n) is 8.54. The summed E-state index contributed by atoms with van der Waals surface area (Å²) in [6.45, 7) is 4.15. The number of pyridine rings is 2. The number of hydrogen-bond donors (Lipinski definition) is 2. The Morgan fingerprint density at radius 3 is 2.34 bits per heavy atom. The maximum absolute atomic E-state index is 13.8. The summed E-state index contributed by atoms with van der Waals surface area (Å²) in [5.74, 6) is 1.86. The van der Waals surface area contributed by atoms with Gasteiger partial charge >= 0.3 is 6.03 Å². The first kappa shape index (κ1) is 37.0. The average Bonchev–Trinajstić information content (AvgIpc) is 3.65. The van der Waals surface area contributed by atoms with Crippen LogP contribution in [0.25, 0.3) is 32.8 Å². The molecule has 15 nitrogen and oxygen atoms in total. The third kappa shape index (κ3) is 6.91. The van der Waals surface area contributed by atoms with E-state index in [1.165, 1.54) is 4.90 Å². The minimum absolute atomic E-state index is 0.0236. The summed E-state index contributed by atoms with van der Waals surface area (Å²) < 4.78 is 13.4. The number of nitrogens with one attached hydrogen (secondary N) is 2. The largest absolute Gasteiger partial charge is 0.496 e. The second kappa shape index (κ2) is 15.3. The van der Waals surface area contributed by atoms with Crippen molar-refractivity contribution in [1.82, 2.24) is 34.9 Å². The van der Waals surface area contributed by atoms with Crippen molar-refractivity contribution < 1.29 is 23.9 Å². The van der Waals surface area contributed by atoms with Crippen LogP contribution in [-0.2, 0) is 23.2 Å². The van der Waals surface area contributed by atoms with Gasteiger partial charge in [-0.05, 0) is 73.0 Å². The molecule has 3 fully saturated rings. The second-order valence-electron chi connectivity index (χ2n) is 15.0. The summed E-state index contributed by atoms with van der Waals surface area (Å²) >= 11 is 0. The highest BCUT2D eigenvalue weighted by atomic mass is 16.5. The minimum Gasteiger partial charge on any atom is -0.496 e. The molecular formula is C41H47N9O6. The van der Waals surface area contributed by atoms with Crippen molar-refractivity contribution >= 4 is 51.0 Å². The molecule has 0 radical (unpaired) electrons. The highest BCUT2D eigenvalue weighted by Crippen LogP contribution is 2.38. The first-order valence-electron chi connectivity index (χ1n) is 19.2. The molecular weight excluding hydrogens is 715 g/mol. The molecule has 4 amide bonds. The van der Waals surface area contributed by atoms with E-state index in [1.807, 2.05) is 54.5 Å². The van der Waals surface area contributed by atoms with Crippen LogP contribution in [0, 0.1) is 5.92 Å². The molecule has 56 heavy (non-hydrogen) atoms. The summed E-state index contributed by atoms with van der Waals surface area (Å²) in [6.07, 6.45) is 8.69. The van der Waals surface area contributed by atoms with Gasteiger partial charge in [0.2, 0.25) is 11.8 Å². The van der Waals surface area contributed by atoms with Crippen LogP contribution >= 0.6 is 0 Å². The number of hydrogen-bond acceptors (Lipinski definition) is 10. The van der Waals surface area contributed by atoms with Gasteiger partial charge in [0.15, 0.2) is 5.82 Å². The number of amides is 4. The van der Waals surface area contributed by atoms with E-state index in [1.54, 1.807) is 38.2 Å². The Bertz CT molecular complexity index is 2350. The number of ether oxygens (including phenoxy) is 2. The highest BCUT2D eigenvalue weighted by molar-refractivity contribution is 6.09.